The number of halogens is 1. The van der Waals surface area contributed by atoms with Gasteiger partial charge in [0, 0.05) is 19.3 Å². The highest BCUT2D eigenvalue weighted by atomic mass is 35.5. The second-order valence-corrected chi connectivity index (χ2v) is 5.35. The van der Waals surface area contributed by atoms with Crippen LogP contribution in [0.3, 0.4) is 0 Å². The van der Waals surface area contributed by atoms with Crippen molar-refractivity contribution in [2.75, 3.05) is 4.90 Å². The predicted octanol–water partition coefficient (Wildman–Crippen LogP) is 4.34. The monoisotopic (exact) mass is 309 g/mol. The normalized spacial score (nSPS) is 10.4. The smallest absolute Gasteiger partial charge is 0.224 e. The van der Waals surface area contributed by atoms with Crippen LogP contribution in [0.4, 0.5) is 5.82 Å². The summed E-state index contributed by atoms with van der Waals surface area (Å²) in [5.41, 5.74) is 2.46. The zero-order chi connectivity index (χ0) is 15.2. The van der Waals surface area contributed by atoms with E-state index in [2.05, 4.69) is 39.1 Å². The minimum atomic E-state index is 0.267. The molecule has 3 rings (SSSR count). The van der Waals surface area contributed by atoms with Crippen LogP contribution >= 0.6 is 11.6 Å². The lowest BCUT2D eigenvalue weighted by Crippen LogP contribution is -2.23. The maximum absolute atomic E-state index is 5.95. The summed E-state index contributed by atoms with van der Waals surface area (Å²) in [5, 5.41) is 0.267. The summed E-state index contributed by atoms with van der Waals surface area (Å²) in [6.45, 7) is 1.53. The number of anilines is 1. The van der Waals surface area contributed by atoms with Gasteiger partial charge in [-0.25, -0.2) is 9.97 Å². The Kier molecular flexibility index (Phi) is 4.66. The van der Waals surface area contributed by atoms with Crippen LogP contribution in [0.1, 0.15) is 11.1 Å². The number of aromatic nitrogens is 2. The van der Waals surface area contributed by atoms with E-state index < -0.39 is 0 Å². The molecule has 0 bridgehead atoms. The molecule has 0 aliphatic rings. The fraction of sp³-hybridized carbons (Fsp3) is 0.111. The molecule has 110 valence electrons. The summed E-state index contributed by atoms with van der Waals surface area (Å²) in [4.78, 5) is 10.5. The molecule has 0 saturated carbocycles. The number of rotatable bonds is 5. The Morgan fingerprint density at radius 1 is 0.773 bits per heavy atom. The first-order valence-corrected chi connectivity index (χ1v) is 7.50. The third-order valence-electron chi connectivity index (χ3n) is 3.37. The highest BCUT2D eigenvalue weighted by Crippen LogP contribution is 2.19. The van der Waals surface area contributed by atoms with Gasteiger partial charge in [-0.3, -0.25) is 0 Å². The lowest BCUT2D eigenvalue weighted by atomic mass is 10.1. The van der Waals surface area contributed by atoms with Gasteiger partial charge in [-0.05, 0) is 28.8 Å². The molecule has 1 aromatic heterocycles. The van der Waals surface area contributed by atoms with Gasteiger partial charge in [0.2, 0.25) is 5.28 Å². The summed E-state index contributed by atoms with van der Waals surface area (Å²) in [6.07, 6.45) is 1.69. The molecule has 0 aliphatic heterocycles. The molecule has 22 heavy (non-hydrogen) atoms. The maximum Gasteiger partial charge on any atom is 0.224 e. The van der Waals surface area contributed by atoms with Crippen molar-refractivity contribution in [2.45, 2.75) is 13.1 Å². The van der Waals surface area contributed by atoms with Crippen LogP contribution in [0.25, 0.3) is 0 Å². The van der Waals surface area contributed by atoms with Crippen molar-refractivity contribution in [1.82, 2.24) is 9.97 Å². The molecule has 0 aliphatic carbocycles. The van der Waals surface area contributed by atoms with E-state index in [1.54, 1.807) is 6.20 Å². The number of nitrogens with zero attached hydrogens (tertiary/aromatic N) is 3. The van der Waals surface area contributed by atoms with Crippen molar-refractivity contribution in [3.8, 4) is 0 Å². The third kappa shape index (κ3) is 3.83. The Labute approximate surface area is 135 Å². The molecular weight excluding hydrogens is 294 g/mol. The first-order chi connectivity index (χ1) is 10.8. The van der Waals surface area contributed by atoms with Gasteiger partial charge in [0.15, 0.2) is 0 Å². The van der Waals surface area contributed by atoms with Crippen molar-refractivity contribution in [3.05, 3.63) is 89.3 Å². The lowest BCUT2D eigenvalue weighted by molar-refractivity contribution is 0.780. The molecule has 0 saturated heterocycles. The van der Waals surface area contributed by atoms with E-state index in [0.29, 0.717) is 0 Å². The van der Waals surface area contributed by atoms with Gasteiger partial charge >= 0.3 is 0 Å². The molecule has 2 aromatic carbocycles. The van der Waals surface area contributed by atoms with Crippen molar-refractivity contribution in [2.24, 2.45) is 0 Å². The third-order valence-corrected chi connectivity index (χ3v) is 3.55. The van der Waals surface area contributed by atoms with Crippen LogP contribution in [0.2, 0.25) is 5.28 Å². The molecule has 0 spiro atoms. The Bertz CT molecular complexity index is 675. The van der Waals surface area contributed by atoms with Gasteiger partial charge in [0.1, 0.15) is 5.82 Å². The van der Waals surface area contributed by atoms with Gasteiger partial charge in [-0.1, -0.05) is 60.7 Å². The van der Waals surface area contributed by atoms with Crippen LogP contribution in [0.5, 0.6) is 0 Å². The Morgan fingerprint density at radius 2 is 1.32 bits per heavy atom. The molecule has 1 heterocycles. The molecule has 0 unspecified atom stereocenters. The molecule has 3 nitrogen and oxygen atoms in total. The maximum atomic E-state index is 5.95. The SMILES string of the molecule is Clc1nccc(N(Cc2ccccc2)Cc2ccccc2)n1. The van der Waals surface area contributed by atoms with Gasteiger partial charge in [0.25, 0.3) is 0 Å². The standard InChI is InChI=1S/C18H16ClN3/c19-18-20-12-11-17(21-18)22(13-15-7-3-1-4-8-15)14-16-9-5-2-6-10-16/h1-12H,13-14H2. The van der Waals surface area contributed by atoms with Gasteiger partial charge < -0.3 is 4.90 Å². The molecule has 0 amide bonds. The molecule has 0 atom stereocenters. The van der Waals surface area contributed by atoms with Gasteiger partial charge in [-0.2, -0.15) is 0 Å². The first kappa shape index (κ1) is 14.5. The zero-order valence-electron chi connectivity index (χ0n) is 12.1. The van der Waals surface area contributed by atoms with Gasteiger partial charge in [-0.15, -0.1) is 0 Å². The summed E-state index contributed by atoms with van der Waals surface area (Å²) < 4.78 is 0. The fourth-order valence-electron chi connectivity index (χ4n) is 2.33. The van der Waals surface area contributed by atoms with E-state index in [0.717, 1.165) is 18.9 Å². The second-order valence-electron chi connectivity index (χ2n) is 5.01. The van der Waals surface area contributed by atoms with Crippen molar-refractivity contribution >= 4 is 17.4 Å². The lowest BCUT2D eigenvalue weighted by Gasteiger charge is -2.24. The van der Waals surface area contributed by atoms with Gasteiger partial charge in [0.05, 0.1) is 0 Å². The van der Waals surface area contributed by atoms with Crippen molar-refractivity contribution in [1.29, 1.82) is 0 Å². The molecule has 0 radical (unpaired) electrons. The zero-order valence-corrected chi connectivity index (χ0v) is 12.8. The van der Waals surface area contributed by atoms with E-state index in [1.165, 1.54) is 11.1 Å². The van der Waals surface area contributed by atoms with Crippen LogP contribution in [-0.4, -0.2) is 9.97 Å². The number of hydrogen-bond acceptors (Lipinski definition) is 3. The average Bonchev–Trinajstić information content (AvgIpc) is 2.56. The van der Waals surface area contributed by atoms with E-state index in [9.17, 15) is 0 Å². The van der Waals surface area contributed by atoms with E-state index in [4.69, 9.17) is 11.6 Å². The van der Waals surface area contributed by atoms with E-state index >= 15 is 0 Å². The number of hydrogen-bond donors (Lipinski definition) is 0. The highest BCUT2D eigenvalue weighted by Gasteiger charge is 2.10. The van der Waals surface area contributed by atoms with Crippen LogP contribution in [-0.2, 0) is 13.1 Å². The highest BCUT2D eigenvalue weighted by molar-refractivity contribution is 6.28. The van der Waals surface area contributed by atoms with Crippen molar-refractivity contribution < 1.29 is 0 Å². The largest absolute Gasteiger partial charge is 0.348 e. The minimum Gasteiger partial charge on any atom is -0.348 e. The molecule has 0 fully saturated rings. The molecular formula is C18H16ClN3. The second kappa shape index (κ2) is 7.05. The summed E-state index contributed by atoms with van der Waals surface area (Å²) in [5.74, 6) is 0.827. The average molecular weight is 310 g/mol. The van der Waals surface area contributed by atoms with Crippen LogP contribution in [0, 0.1) is 0 Å². The Balaban J connectivity index is 1.88. The first-order valence-electron chi connectivity index (χ1n) is 7.12. The molecule has 4 heteroatoms. The summed E-state index contributed by atoms with van der Waals surface area (Å²) >= 11 is 5.95. The summed E-state index contributed by atoms with van der Waals surface area (Å²) in [7, 11) is 0. The predicted molar refractivity (Wildman–Crippen MR) is 89.8 cm³/mol. The van der Waals surface area contributed by atoms with E-state index in [-0.39, 0.29) is 5.28 Å². The van der Waals surface area contributed by atoms with E-state index in [1.807, 2.05) is 42.5 Å². The van der Waals surface area contributed by atoms with Crippen LogP contribution in [0.15, 0.2) is 72.9 Å². The Morgan fingerprint density at radius 3 is 1.82 bits per heavy atom. The number of benzene rings is 2. The molecule has 0 N–H and O–H groups in total. The summed E-state index contributed by atoms with van der Waals surface area (Å²) in [6, 6.07) is 22.6. The minimum absolute atomic E-state index is 0.267. The fourth-order valence-corrected chi connectivity index (χ4v) is 2.47. The Hall–Kier alpha value is -2.39. The molecule has 3 aromatic rings. The topological polar surface area (TPSA) is 29.0 Å². The van der Waals surface area contributed by atoms with Crippen LogP contribution < -0.4 is 4.90 Å². The quantitative estimate of drug-likeness (QED) is 0.657. The van der Waals surface area contributed by atoms with Crippen molar-refractivity contribution in [3.63, 3.8) is 0 Å².